The molecule has 27 heavy (non-hydrogen) atoms. The van der Waals surface area contributed by atoms with Crippen molar-refractivity contribution >= 4 is 28.5 Å². The van der Waals surface area contributed by atoms with Crippen LogP contribution in [0.25, 0.3) is 11.0 Å². The summed E-state index contributed by atoms with van der Waals surface area (Å²) < 4.78 is 17.1. The predicted octanol–water partition coefficient (Wildman–Crippen LogP) is 5.26. The number of carbonyl (C=O) groups is 1. The van der Waals surface area contributed by atoms with Crippen molar-refractivity contribution in [1.82, 2.24) is 5.32 Å². The third-order valence-corrected chi connectivity index (χ3v) is 4.44. The minimum absolute atomic E-state index is 0.0980. The lowest BCUT2D eigenvalue weighted by Crippen LogP contribution is -2.23. The van der Waals surface area contributed by atoms with Crippen LogP contribution in [0.15, 0.2) is 46.9 Å². The lowest BCUT2D eigenvalue weighted by Gasteiger charge is -2.09. The average molecular weight is 388 g/mol. The molecule has 1 atom stereocenters. The zero-order valence-electron chi connectivity index (χ0n) is 15.5. The van der Waals surface area contributed by atoms with Crippen molar-refractivity contribution in [3.8, 4) is 11.5 Å². The molecular weight excluding hydrogens is 366 g/mol. The summed E-state index contributed by atoms with van der Waals surface area (Å²) >= 11 is 6.30. The molecule has 1 amide bonds. The summed E-state index contributed by atoms with van der Waals surface area (Å²) in [6.45, 7) is 6.24. The highest BCUT2D eigenvalue weighted by atomic mass is 35.5. The molecule has 142 valence electrons. The molecule has 5 nitrogen and oxygen atoms in total. The topological polar surface area (TPSA) is 60.7 Å². The highest BCUT2D eigenvalue weighted by Crippen LogP contribution is 2.29. The molecule has 2 aromatic carbocycles. The highest BCUT2D eigenvalue weighted by Gasteiger charge is 2.13. The van der Waals surface area contributed by atoms with Gasteiger partial charge in [0.25, 0.3) is 0 Å². The second kappa shape index (κ2) is 8.35. The molecule has 6 heteroatoms. The van der Waals surface area contributed by atoms with Gasteiger partial charge in [-0.3, -0.25) is 4.79 Å². The van der Waals surface area contributed by atoms with E-state index in [1.165, 1.54) is 6.92 Å². The number of furan rings is 1. The van der Waals surface area contributed by atoms with Crippen molar-refractivity contribution < 1.29 is 18.7 Å². The van der Waals surface area contributed by atoms with Crippen molar-refractivity contribution in [2.45, 2.75) is 33.4 Å². The maximum Gasteiger partial charge on any atom is 0.217 e. The third-order valence-electron chi connectivity index (χ3n) is 4.08. The lowest BCUT2D eigenvalue weighted by molar-refractivity contribution is -0.119. The van der Waals surface area contributed by atoms with E-state index < -0.39 is 0 Å². The second-order valence-corrected chi connectivity index (χ2v) is 6.65. The molecule has 0 unspecified atom stereocenters. The summed E-state index contributed by atoms with van der Waals surface area (Å²) in [6, 6.07) is 12.9. The molecular formula is C21H22ClNO4. The van der Waals surface area contributed by atoms with E-state index in [1.807, 2.05) is 50.2 Å². The number of amides is 1. The summed E-state index contributed by atoms with van der Waals surface area (Å²) in [5.74, 6) is 2.06. The molecule has 0 fully saturated rings. The summed E-state index contributed by atoms with van der Waals surface area (Å²) in [7, 11) is 0. The molecule has 0 bridgehead atoms. The van der Waals surface area contributed by atoms with E-state index in [0.717, 1.165) is 22.3 Å². The van der Waals surface area contributed by atoms with Gasteiger partial charge < -0.3 is 19.2 Å². The van der Waals surface area contributed by atoms with Crippen LogP contribution in [0.4, 0.5) is 0 Å². The fourth-order valence-corrected chi connectivity index (χ4v) is 3.01. The van der Waals surface area contributed by atoms with Crippen LogP contribution in [0.5, 0.6) is 11.5 Å². The molecule has 0 aliphatic carbocycles. The van der Waals surface area contributed by atoms with Crippen molar-refractivity contribution in [3.05, 3.63) is 58.8 Å². The maximum absolute atomic E-state index is 11.2. The number of carbonyl (C=O) groups excluding carboxylic acids is 1. The largest absolute Gasteiger partial charge is 0.494 e. The van der Waals surface area contributed by atoms with Gasteiger partial charge in [-0.1, -0.05) is 17.7 Å². The van der Waals surface area contributed by atoms with Crippen LogP contribution < -0.4 is 14.8 Å². The Bertz CT molecular complexity index is 951. The van der Waals surface area contributed by atoms with E-state index in [0.29, 0.717) is 29.7 Å². The number of ether oxygens (including phenoxy) is 2. The Hall–Kier alpha value is -2.66. The Kier molecular flexibility index (Phi) is 5.91. The Balaban J connectivity index is 1.71. The van der Waals surface area contributed by atoms with Gasteiger partial charge in [0.2, 0.25) is 5.91 Å². The molecule has 1 N–H and O–H groups in total. The van der Waals surface area contributed by atoms with Crippen LogP contribution in [-0.2, 0) is 11.4 Å². The van der Waals surface area contributed by atoms with E-state index in [1.54, 1.807) is 6.07 Å². The lowest BCUT2D eigenvalue weighted by atomic mass is 10.2. The first-order chi connectivity index (χ1) is 13.0. The first-order valence-corrected chi connectivity index (χ1v) is 9.18. The zero-order chi connectivity index (χ0) is 19.4. The molecule has 0 saturated carbocycles. The first kappa shape index (κ1) is 19.1. The molecule has 0 aliphatic rings. The molecule has 0 radical (unpaired) electrons. The van der Waals surface area contributed by atoms with Crippen LogP contribution in [-0.4, -0.2) is 12.5 Å². The van der Waals surface area contributed by atoms with Gasteiger partial charge in [0.1, 0.15) is 29.4 Å². The number of rotatable bonds is 7. The van der Waals surface area contributed by atoms with Gasteiger partial charge in [-0.2, -0.15) is 0 Å². The number of benzene rings is 2. The number of halogens is 1. The summed E-state index contributed by atoms with van der Waals surface area (Å²) in [6.07, 6.45) is 0. The second-order valence-electron chi connectivity index (χ2n) is 6.25. The molecule has 0 spiro atoms. The first-order valence-electron chi connectivity index (χ1n) is 8.81. The highest BCUT2D eigenvalue weighted by molar-refractivity contribution is 6.31. The molecule has 1 heterocycles. The number of nitrogens with one attached hydrogen (secondary N) is 1. The van der Waals surface area contributed by atoms with E-state index in [4.69, 9.17) is 25.5 Å². The number of hydrogen-bond donors (Lipinski definition) is 1. The Morgan fingerprint density at radius 1 is 1.15 bits per heavy atom. The minimum Gasteiger partial charge on any atom is -0.494 e. The zero-order valence-corrected chi connectivity index (χ0v) is 16.3. The van der Waals surface area contributed by atoms with Gasteiger partial charge in [0, 0.05) is 17.9 Å². The Labute approximate surface area is 163 Å². The maximum atomic E-state index is 11.2. The molecule has 3 rings (SSSR count). The Morgan fingerprint density at radius 3 is 2.59 bits per heavy atom. The monoisotopic (exact) mass is 387 g/mol. The molecule has 0 aliphatic heterocycles. The SMILES string of the molecule is CCOc1ccc(COc2ccc3oc([C@@H](C)NC(C)=O)cc3c2)c(Cl)c1. The van der Waals surface area contributed by atoms with Crippen molar-refractivity contribution in [1.29, 1.82) is 0 Å². The molecule has 3 aromatic rings. The van der Waals surface area contributed by atoms with Crippen LogP contribution in [0, 0.1) is 0 Å². The number of fused-ring (bicyclic) bond motifs is 1. The quantitative estimate of drug-likeness (QED) is 0.600. The van der Waals surface area contributed by atoms with Crippen molar-refractivity contribution in [2.75, 3.05) is 6.61 Å². The van der Waals surface area contributed by atoms with Gasteiger partial charge in [-0.05, 0) is 50.2 Å². The molecule has 0 saturated heterocycles. The van der Waals surface area contributed by atoms with Gasteiger partial charge in [-0.15, -0.1) is 0 Å². The van der Waals surface area contributed by atoms with Crippen LogP contribution >= 0.6 is 11.6 Å². The van der Waals surface area contributed by atoms with Crippen molar-refractivity contribution in [2.24, 2.45) is 0 Å². The fraction of sp³-hybridized carbons (Fsp3) is 0.286. The third kappa shape index (κ3) is 4.74. The van der Waals surface area contributed by atoms with Crippen LogP contribution in [0.1, 0.15) is 38.1 Å². The fourth-order valence-electron chi connectivity index (χ4n) is 2.78. The van der Waals surface area contributed by atoms with E-state index >= 15 is 0 Å². The summed E-state index contributed by atoms with van der Waals surface area (Å²) in [5.41, 5.74) is 1.63. The van der Waals surface area contributed by atoms with Crippen LogP contribution in [0.3, 0.4) is 0 Å². The summed E-state index contributed by atoms with van der Waals surface area (Å²) in [5, 5.41) is 4.33. The van der Waals surface area contributed by atoms with Crippen molar-refractivity contribution in [3.63, 3.8) is 0 Å². The van der Waals surface area contributed by atoms with E-state index in [2.05, 4.69) is 5.32 Å². The van der Waals surface area contributed by atoms with Gasteiger partial charge in [0.15, 0.2) is 0 Å². The average Bonchev–Trinajstić information content (AvgIpc) is 3.04. The van der Waals surface area contributed by atoms with Gasteiger partial charge >= 0.3 is 0 Å². The van der Waals surface area contributed by atoms with Gasteiger partial charge in [-0.25, -0.2) is 0 Å². The summed E-state index contributed by atoms with van der Waals surface area (Å²) in [4.78, 5) is 11.2. The van der Waals surface area contributed by atoms with E-state index in [-0.39, 0.29) is 11.9 Å². The van der Waals surface area contributed by atoms with Gasteiger partial charge in [0.05, 0.1) is 17.7 Å². The predicted molar refractivity (Wildman–Crippen MR) is 105 cm³/mol. The van der Waals surface area contributed by atoms with E-state index in [9.17, 15) is 4.79 Å². The van der Waals surface area contributed by atoms with Crippen LogP contribution in [0.2, 0.25) is 5.02 Å². The standard InChI is InChI=1S/C21H22ClNO4/c1-4-25-18-6-5-15(19(22)11-18)12-26-17-7-8-20-16(9-17)10-21(27-20)13(2)23-14(3)24/h5-11,13H,4,12H2,1-3H3,(H,23,24)/t13-/m1/s1. The Morgan fingerprint density at radius 2 is 1.89 bits per heavy atom. The molecule has 1 aromatic heterocycles. The minimum atomic E-state index is -0.193. The smallest absolute Gasteiger partial charge is 0.217 e. The normalized spacial score (nSPS) is 12.0. The number of hydrogen-bond acceptors (Lipinski definition) is 4.